The van der Waals surface area contributed by atoms with Crippen LogP contribution in [0.15, 0.2) is 11.3 Å². The lowest BCUT2D eigenvalue weighted by atomic mass is 9.49. The van der Waals surface area contributed by atoms with E-state index in [1.807, 2.05) is 0 Å². The highest BCUT2D eigenvalue weighted by atomic mass is 28.3. The van der Waals surface area contributed by atoms with Gasteiger partial charge in [0, 0.05) is 18.3 Å². The van der Waals surface area contributed by atoms with Crippen LogP contribution in [0.5, 0.6) is 0 Å². The van der Waals surface area contributed by atoms with Crippen LogP contribution in [0, 0.1) is 23.2 Å². The minimum atomic E-state index is -1.53. The summed E-state index contributed by atoms with van der Waals surface area (Å²) in [5.74, 6) is 1.04. The van der Waals surface area contributed by atoms with Crippen LogP contribution in [0.2, 0.25) is 19.6 Å². The number of hydrogen-bond donors (Lipinski definition) is 0. The zero-order valence-corrected chi connectivity index (χ0v) is 13.9. The third-order valence-corrected chi connectivity index (χ3v) is 8.20. The molecule has 2 saturated carbocycles. The maximum Gasteiger partial charge on any atom is 0.172 e. The highest BCUT2D eigenvalue weighted by Crippen LogP contribution is 2.72. The largest absolute Gasteiger partial charge is 0.347 e. The first-order valence-corrected chi connectivity index (χ1v) is 11.3. The van der Waals surface area contributed by atoms with Gasteiger partial charge in [-0.05, 0) is 23.0 Å². The molecule has 4 aliphatic rings. The van der Waals surface area contributed by atoms with Gasteiger partial charge in [0.1, 0.15) is 0 Å². The lowest BCUT2D eigenvalue weighted by Gasteiger charge is -2.56. The third kappa shape index (κ3) is 1.35. The van der Waals surface area contributed by atoms with Gasteiger partial charge >= 0.3 is 0 Å². The summed E-state index contributed by atoms with van der Waals surface area (Å²) in [6.45, 7) is 10.5. The predicted octanol–water partition coefficient (Wildman–Crippen LogP) is 2.78. The molecule has 4 heteroatoms. The monoisotopic (exact) mass is 292 g/mol. The van der Waals surface area contributed by atoms with E-state index in [9.17, 15) is 4.79 Å². The standard InChI is InChI=1S/C16H24O3Si/c1-15-5-6-16(18-7-8-19-16)14(15)10-9-11(20(2,3)4)13(17)12(10)15/h9-10,12,14H,5-8H2,1-4H3/t10-,12+,14-,15-/m0/s1. The van der Waals surface area contributed by atoms with Gasteiger partial charge in [0.05, 0.1) is 21.3 Å². The van der Waals surface area contributed by atoms with Crippen LogP contribution >= 0.6 is 0 Å². The molecule has 1 aliphatic heterocycles. The Labute approximate surface area is 121 Å². The molecule has 3 aliphatic carbocycles. The molecule has 1 saturated heterocycles. The molecule has 0 bridgehead atoms. The van der Waals surface area contributed by atoms with Crippen molar-refractivity contribution in [2.45, 2.75) is 45.2 Å². The Hall–Kier alpha value is -0.453. The number of allylic oxidation sites excluding steroid dienone is 2. The van der Waals surface area contributed by atoms with Crippen molar-refractivity contribution in [1.29, 1.82) is 0 Å². The first-order valence-electron chi connectivity index (χ1n) is 7.84. The van der Waals surface area contributed by atoms with E-state index in [0.29, 0.717) is 30.8 Å². The Balaban J connectivity index is 1.73. The van der Waals surface area contributed by atoms with Crippen molar-refractivity contribution in [2.24, 2.45) is 23.2 Å². The number of rotatable bonds is 1. The number of ketones is 1. The summed E-state index contributed by atoms with van der Waals surface area (Å²) in [6.07, 6.45) is 4.34. The Bertz CT molecular complexity index is 512. The van der Waals surface area contributed by atoms with Crippen LogP contribution in [-0.4, -0.2) is 32.9 Å². The van der Waals surface area contributed by atoms with Crippen LogP contribution in [0.25, 0.3) is 0 Å². The molecule has 20 heavy (non-hydrogen) atoms. The fourth-order valence-corrected chi connectivity index (χ4v) is 6.96. The second-order valence-corrected chi connectivity index (χ2v) is 13.3. The normalized spacial score (nSPS) is 45.3. The maximum atomic E-state index is 12.8. The van der Waals surface area contributed by atoms with E-state index in [4.69, 9.17) is 9.47 Å². The van der Waals surface area contributed by atoms with Crippen LogP contribution < -0.4 is 0 Å². The molecule has 1 heterocycles. The fourth-order valence-electron chi connectivity index (χ4n) is 5.38. The Kier molecular flexibility index (Phi) is 2.41. The average molecular weight is 292 g/mol. The molecule has 0 aromatic heterocycles. The summed E-state index contributed by atoms with van der Waals surface area (Å²) in [6, 6.07) is 0. The maximum absolute atomic E-state index is 12.8. The zero-order chi connectivity index (χ0) is 14.3. The van der Waals surface area contributed by atoms with E-state index >= 15 is 0 Å². The molecule has 3 nitrogen and oxygen atoms in total. The van der Waals surface area contributed by atoms with Crippen molar-refractivity contribution in [2.75, 3.05) is 13.2 Å². The molecule has 4 atom stereocenters. The smallest absolute Gasteiger partial charge is 0.172 e. The van der Waals surface area contributed by atoms with E-state index in [1.54, 1.807) is 0 Å². The van der Waals surface area contributed by atoms with E-state index in [-0.39, 0.29) is 17.1 Å². The van der Waals surface area contributed by atoms with Crippen molar-refractivity contribution >= 4 is 13.9 Å². The van der Waals surface area contributed by atoms with E-state index in [0.717, 1.165) is 18.0 Å². The second-order valence-electron chi connectivity index (χ2n) is 8.24. The lowest BCUT2D eigenvalue weighted by Crippen LogP contribution is -2.59. The number of carbonyl (C=O) groups is 1. The van der Waals surface area contributed by atoms with Crippen molar-refractivity contribution in [3.63, 3.8) is 0 Å². The molecule has 4 rings (SSSR count). The van der Waals surface area contributed by atoms with Gasteiger partial charge in [-0.15, -0.1) is 0 Å². The Morgan fingerprint density at radius 2 is 1.85 bits per heavy atom. The van der Waals surface area contributed by atoms with Gasteiger partial charge in [0.15, 0.2) is 11.6 Å². The molecule has 0 N–H and O–H groups in total. The predicted molar refractivity (Wildman–Crippen MR) is 78.9 cm³/mol. The Morgan fingerprint density at radius 1 is 1.20 bits per heavy atom. The van der Waals surface area contributed by atoms with Crippen molar-refractivity contribution in [1.82, 2.24) is 0 Å². The van der Waals surface area contributed by atoms with Crippen molar-refractivity contribution < 1.29 is 14.3 Å². The molecule has 3 fully saturated rings. The summed E-state index contributed by atoms with van der Waals surface area (Å²) >= 11 is 0. The first-order chi connectivity index (χ1) is 9.30. The van der Waals surface area contributed by atoms with Gasteiger partial charge in [0.2, 0.25) is 0 Å². The zero-order valence-electron chi connectivity index (χ0n) is 12.9. The lowest BCUT2D eigenvalue weighted by molar-refractivity contribution is -0.241. The molecule has 0 aromatic rings. The third-order valence-electron chi connectivity index (χ3n) is 6.17. The van der Waals surface area contributed by atoms with E-state index in [1.165, 1.54) is 0 Å². The topological polar surface area (TPSA) is 35.5 Å². The van der Waals surface area contributed by atoms with Crippen LogP contribution in [0.3, 0.4) is 0 Å². The van der Waals surface area contributed by atoms with Crippen molar-refractivity contribution in [3.05, 3.63) is 11.3 Å². The SMILES string of the molecule is C[C@@]12CCC3(OCCO3)[C@H]1[C@H]1C=C([Si](C)(C)C)C(=O)[C@@H]12. The molecular weight excluding hydrogens is 268 g/mol. The van der Waals surface area contributed by atoms with Gasteiger partial charge in [-0.3, -0.25) is 4.79 Å². The highest BCUT2D eigenvalue weighted by Gasteiger charge is 2.74. The fraction of sp³-hybridized carbons (Fsp3) is 0.812. The van der Waals surface area contributed by atoms with Crippen LogP contribution in [0.4, 0.5) is 0 Å². The number of carbonyl (C=O) groups excluding carboxylic acids is 1. The van der Waals surface area contributed by atoms with Gasteiger partial charge in [0.25, 0.3) is 0 Å². The highest BCUT2D eigenvalue weighted by molar-refractivity contribution is 6.87. The van der Waals surface area contributed by atoms with E-state index in [2.05, 4.69) is 32.6 Å². The van der Waals surface area contributed by atoms with Crippen molar-refractivity contribution in [3.8, 4) is 0 Å². The Morgan fingerprint density at radius 3 is 2.45 bits per heavy atom. The molecule has 0 amide bonds. The van der Waals surface area contributed by atoms with Gasteiger partial charge in [-0.2, -0.15) is 0 Å². The quantitative estimate of drug-likeness (QED) is 0.697. The van der Waals surface area contributed by atoms with Crippen LogP contribution in [-0.2, 0) is 14.3 Å². The number of Topliss-reactive ketones (excluding diaryl/α,β-unsaturated/α-hetero) is 1. The summed E-state index contributed by atoms with van der Waals surface area (Å²) < 4.78 is 12.0. The van der Waals surface area contributed by atoms with E-state index < -0.39 is 8.07 Å². The minimum Gasteiger partial charge on any atom is -0.347 e. The summed E-state index contributed by atoms with van der Waals surface area (Å²) in [7, 11) is -1.53. The molecule has 0 aromatic carbocycles. The van der Waals surface area contributed by atoms with Crippen LogP contribution in [0.1, 0.15) is 19.8 Å². The molecule has 110 valence electrons. The summed E-state index contributed by atoms with van der Waals surface area (Å²) in [5.41, 5.74) is 0.101. The first kappa shape index (κ1) is 13.2. The average Bonchev–Trinajstić information content (AvgIpc) is 2.95. The minimum absolute atomic E-state index is 0.101. The number of ether oxygens (including phenoxy) is 2. The number of hydrogen-bond acceptors (Lipinski definition) is 3. The van der Waals surface area contributed by atoms with Gasteiger partial charge in [-0.25, -0.2) is 0 Å². The molecule has 0 radical (unpaired) electrons. The summed E-state index contributed by atoms with van der Waals surface area (Å²) in [4.78, 5) is 12.8. The molecular formula is C16H24O3Si. The van der Waals surface area contributed by atoms with Gasteiger partial charge < -0.3 is 9.47 Å². The second kappa shape index (κ2) is 3.65. The molecule has 1 spiro atoms. The molecule has 0 unspecified atom stereocenters. The summed E-state index contributed by atoms with van der Waals surface area (Å²) in [5, 5.41) is 1.16. The number of fused-ring (bicyclic) bond motifs is 5. The van der Waals surface area contributed by atoms with Gasteiger partial charge in [-0.1, -0.05) is 32.6 Å².